The Balaban J connectivity index is 1.16. The van der Waals surface area contributed by atoms with Crippen molar-refractivity contribution in [2.45, 2.75) is 43.9 Å². The molecule has 0 saturated carbocycles. The van der Waals surface area contributed by atoms with Crippen molar-refractivity contribution in [3.05, 3.63) is 144 Å². The maximum absolute atomic E-state index is 13.1. The zero-order valence-corrected chi connectivity index (χ0v) is 22.5. The summed E-state index contributed by atoms with van der Waals surface area (Å²) in [5.74, 6) is -0.513. The van der Waals surface area contributed by atoms with Crippen LogP contribution in [0.3, 0.4) is 0 Å². The molecule has 4 aromatic carbocycles. The molecule has 200 valence electrons. The Morgan fingerprint density at radius 1 is 0.410 bits per heavy atom. The quantitative estimate of drug-likeness (QED) is 0.180. The maximum Gasteiger partial charge on any atom is 0.232 e. The van der Waals surface area contributed by atoms with Crippen LogP contribution >= 0.6 is 0 Å². The van der Waals surface area contributed by atoms with Crippen LogP contribution in [0.2, 0.25) is 0 Å². The molecule has 4 rings (SSSR count). The molecule has 4 heteroatoms. The van der Waals surface area contributed by atoms with E-state index in [1.807, 2.05) is 121 Å². The minimum atomic E-state index is -0.299. The van der Waals surface area contributed by atoms with E-state index in [-0.39, 0.29) is 23.7 Å². The molecule has 0 bridgehead atoms. The van der Waals surface area contributed by atoms with Crippen molar-refractivity contribution < 1.29 is 9.59 Å². The number of benzene rings is 4. The standard InChI is InChI=1S/C35H38N2O2/c38-34(32(28-18-8-4-9-19-28)29-20-10-5-11-21-29)36-26-16-2-1-3-17-27-37-35(39)33(30-22-12-6-13-23-30)31-24-14-7-15-25-31/h4-15,18-25,32-33H,1-3,16-17,26-27H2,(H,36,38)(H,37,39). The van der Waals surface area contributed by atoms with E-state index in [4.69, 9.17) is 0 Å². The summed E-state index contributed by atoms with van der Waals surface area (Å²) in [7, 11) is 0. The van der Waals surface area contributed by atoms with Crippen molar-refractivity contribution in [3.63, 3.8) is 0 Å². The summed E-state index contributed by atoms with van der Waals surface area (Å²) in [5, 5.41) is 6.29. The highest BCUT2D eigenvalue weighted by molar-refractivity contribution is 5.87. The first kappa shape index (κ1) is 27.8. The van der Waals surface area contributed by atoms with Crippen molar-refractivity contribution in [2.75, 3.05) is 13.1 Å². The third-order valence-corrected chi connectivity index (χ3v) is 7.01. The Morgan fingerprint density at radius 3 is 0.949 bits per heavy atom. The fourth-order valence-corrected chi connectivity index (χ4v) is 4.98. The molecule has 0 radical (unpaired) electrons. The van der Waals surface area contributed by atoms with Crippen molar-refractivity contribution in [1.82, 2.24) is 10.6 Å². The normalized spacial score (nSPS) is 10.9. The summed E-state index contributed by atoms with van der Waals surface area (Å²) in [6.07, 6.45) is 5.06. The summed E-state index contributed by atoms with van der Waals surface area (Å²) in [6.45, 7) is 1.34. The van der Waals surface area contributed by atoms with Gasteiger partial charge in [0.1, 0.15) is 0 Å². The average molecular weight is 519 g/mol. The number of carbonyl (C=O) groups is 2. The maximum atomic E-state index is 13.1. The molecule has 0 saturated heterocycles. The number of hydrogen-bond acceptors (Lipinski definition) is 2. The van der Waals surface area contributed by atoms with Gasteiger partial charge in [0.25, 0.3) is 0 Å². The number of carbonyl (C=O) groups excluding carboxylic acids is 2. The van der Waals surface area contributed by atoms with Crippen LogP contribution < -0.4 is 10.6 Å². The van der Waals surface area contributed by atoms with Gasteiger partial charge in [-0.1, -0.05) is 141 Å². The summed E-state index contributed by atoms with van der Waals surface area (Å²) in [5.41, 5.74) is 4.02. The first-order valence-electron chi connectivity index (χ1n) is 14.0. The molecule has 4 nitrogen and oxygen atoms in total. The van der Waals surface area contributed by atoms with Crippen molar-refractivity contribution in [2.24, 2.45) is 0 Å². The second-order valence-electron chi connectivity index (χ2n) is 9.86. The van der Waals surface area contributed by atoms with Crippen molar-refractivity contribution in [3.8, 4) is 0 Å². The molecule has 0 spiro atoms. The fourth-order valence-electron chi connectivity index (χ4n) is 4.98. The lowest BCUT2D eigenvalue weighted by Gasteiger charge is -2.18. The summed E-state index contributed by atoms with van der Waals surface area (Å²) in [4.78, 5) is 26.2. The van der Waals surface area contributed by atoms with Crippen molar-refractivity contribution >= 4 is 11.8 Å². The molecule has 39 heavy (non-hydrogen) atoms. The van der Waals surface area contributed by atoms with Crippen LogP contribution in [-0.2, 0) is 9.59 Å². The Hall–Kier alpha value is -4.18. The molecular weight excluding hydrogens is 480 g/mol. The van der Waals surface area contributed by atoms with Crippen LogP contribution in [0.5, 0.6) is 0 Å². The predicted octanol–water partition coefficient (Wildman–Crippen LogP) is 6.83. The highest BCUT2D eigenvalue weighted by atomic mass is 16.2. The second kappa shape index (κ2) is 15.3. The molecule has 0 unspecified atom stereocenters. The van der Waals surface area contributed by atoms with E-state index in [9.17, 15) is 9.59 Å². The van der Waals surface area contributed by atoms with Crippen LogP contribution in [0, 0.1) is 0 Å². The topological polar surface area (TPSA) is 58.2 Å². The molecule has 0 aliphatic heterocycles. The molecule has 0 aliphatic rings. The monoisotopic (exact) mass is 518 g/mol. The lowest BCUT2D eigenvalue weighted by atomic mass is 9.90. The number of rotatable bonds is 14. The molecule has 2 amide bonds. The van der Waals surface area contributed by atoms with Gasteiger partial charge in [0, 0.05) is 13.1 Å². The third-order valence-electron chi connectivity index (χ3n) is 7.01. The predicted molar refractivity (Wildman–Crippen MR) is 159 cm³/mol. The Morgan fingerprint density at radius 2 is 0.667 bits per heavy atom. The molecule has 0 aliphatic carbocycles. The van der Waals surface area contributed by atoms with E-state index in [0.29, 0.717) is 13.1 Å². The minimum Gasteiger partial charge on any atom is -0.355 e. The molecule has 0 heterocycles. The van der Waals surface area contributed by atoms with Gasteiger partial charge < -0.3 is 10.6 Å². The van der Waals surface area contributed by atoms with Gasteiger partial charge in [-0.05, 0) is 35.1 Å². The number of nitrogens with one attached hydrogen (secondary N) is 2. The van der Waals surface area contributed by atoms with E-state index in [1.54, 1.807) is 0 Å². The zero-order chi connectivity index (χ0) is 27.1. The van der Waals surface area contributed by atoms with Crippen LogP contribution in [-0.4, -0.2) is 24.9 Å². The average Bonchev–Trinajstić information content (AvgIpc) is 2.99. The first-order chi connectivity index (χ1) is 19.2. The SMILES string of the molecule is O=C(NCCCCCCCNC(=O)C(c1ccccc1)c1ccccc1)C(c1ccccc1)c1ccccc1. The molecule has 2 N–H and O–H groups in total. The van der Waals surface area contributed by atoms with E-state index in [2.05, 4.69) is 10.6 Å². The second-order valence-corrected chi connectivity index (χ2v) is 9.86. The molecule has 0 fully saturated rings. The van der Waals surface area contributed by atoms with Gasteiger partial charge in [-0.15, -0.1) is 0 Å². The Bertz CT molecular complexity index is 1080. The van der Waals surface area contributed by atoms with E-state index < -0.39 is 0 Å². The molecule has 0 aromatic heterocycles. The van der Waals surface area contributed by atoms with E-state index >= 15 is 0 Å². The molecule has 4 aromatic rings. The van der Waals surface area contributed by atoms with Crippen LogP contribution in [0.1, 0.15) is 66.2 Å². The Kier molecular flexibility index (Phi) is 10.9. The summed E-state index contributed by atoms with van der Waals surface area (Å²) in [6, 6.07) is 39.8. The van der Waals surface area contributed by atoms with Gasteiger partial charge in [-0.3, -0.25) is 9.59 Å². The van der Waals surface area contributed by atoms with E-state index in [1.165, 1.54) is 0 Å². The number of unbranched alkanes of at least 4 members (excludes halogenated alkanes) is 4. The first-order valence-corrected chi connectivity index (χ1v) is 14.0. The number of amides is 2. The third kappa shape index (κ3) is 8.41. The van der Waals surface area contributed by atoms with Gasteiger partial charge in [-0.2, -0.15) is 0 Å². The van der Waals surface area contributed by atoms with Crippen LogP contribution in [0.25, 0.3) is 0 Å². The fraction of sp³-hybridized carbons (Fsp3) is 0.257. The van der Waals surface area contributed by atoms with Crippen LogP contribution in [0.15, 0.2) is 121 Å². The van der Waals surface area contributed by atoms with E-state index in [0.717, 1.165) is 54.4 Å². The lowest BCUT2D eigenvalue weighted by Crippen LogP contribution is -2.31. The lowest BCUT2D eigenvalue weighted by molar-refractivity contribution is -0.122. The Labute approximate surface area is 232 Å². The summed E-state index contributed by atoms with van der Waals surface area (Å²) < 4.78 is 0. The van der Waals surface area contributed by atoms with Gasteiger partial charge in [0.05, 0.1) is 11.8 Å². The van der Waals surface area contributed by atoms with Gasteiger partial charge in [-0.25, -0.2) is 0 Å². The highest BCUT2D eigenvalue weighted by Gasteiger charge is 2.23. The van der Waals surface area contributed by atoms with Gasteiger partial charge >= 0.3 is 0 Å². The largest absolute Gasteiger partial charge is 0.355 e. The smallest absolute Gasteiger partial charge is 0.232 e. The molecule has 0 atom stereocenters. The van der Waals surface area contributed by atoms with Gasteiger partial charge in [0.15, 0.2) is 0 Å². The zero-order valence-electron chi connectivity index (χ0n) is 22.5. The van der Waals surface area contributed by atoms with Gasteiger partial charge in [0.2, 0.25) is 11.8 Å². The van der Waals surface area contributed by atoms with Crippen LogP contribution in [0.4, 0.5) is 0 Å². The minimum absolute atomic E-state index is 0.0431. The molecular formula is C35H38N2O2. The summed E-state index contributed by atoms with van der Waals surface area (Å²) >= 11 is 0. The highest BCUT2D eigenvalue weighted by Crippen LogP contribution is 2.26. The van der Waals surface area contributed by atoms with Crippen molar-refractivity contribution in [1.29, 1.82) is 0 Å². The number of hydrogen-bond donors (Lipinski definition) is 2.